The van der Waals surface area contributed by atoms with Crippen molar-refractivity contribution in [3.8, 4) is 10.6 Å². The zero-order chi connectivity index (χ0) is 22.8. The third kappa shape index (κ3) is 5.14. The molecule has 0 unspecified atom stereocenters. The first-order valence-corrected chi connectivity index (χ1v) is 11.8. The lowest BCUT2D eigenvalue weighted by Crippen LogP contribution is -2.57. The summed E-state index contributed by atoms with van der Waals surface area (Å²) in [6.45, 7) is 9.96. The summed E-state index contributed by atoms with van der Waals surface area (Å²) < 4.78 is 0. The van der Waals surface area contributed by atoms with Gasteiger partial charge in [-0.05, 0) is 71.2 Å². The van der Waals surface area contributed by atoms with Gasteiger partial charge in [0, 0.05) is 41.0 Å². The Balaban J connectivity index is 1.41. The molecule has 32 heavy (non-hydrogen) atoms. The number of hydrogen-bond acceptors (Lipinski definition) is 6. The summed E-state index contributed by atoms with van der Waals surface area (Å²) in [5.41, 5.74) is 2.14. The van der Waals surface area contributed by atoms with Crippen molar-refractivity contribution in [2.45, 2.75) is 64.6 Å². The predicted octanol–water partition coefficient (Wildman–Crippen LogP) is 5.79. The van der Waals surface area contributed by atoms with Gasteiger partial charge in [-0.2, -0.15) is 0 Å². The molecule has 3 aromatic heterocycles. The van der Waals surface area contributed by atoms with Gasteiger partial charge in [-0.1, -0.05) is 6.07 Å². The Morgan fingerprint density at radius 2 is 1.69 bits per heavy atom. The Bertz CT molecular complexity index is 1060. The van der Waals surface area contributed by atoms with Gasteiger partial charge in [0.1, 0.15) is 16.6 Å². The van der Waals surface area contributed by atoms with Crippen LogP contribution in [-0.2, 0) is 6.54 Å². The van der Waals surface area contributed by atoms with Crippen LogP contribution in [-0.4, -0.2) is 37.0 Å². The third-order valence-corrected chi connectivity index (χ3v) is 6.97. The third-order valence-electron chi connectivity index (χ3n) is 6.08. The van der Waals surface area contributed by atoms with E-state index in [0.29, 0.717) is 11.6 Å². The number of pyridine rings is 2. The van der Waals surface area contributed by atoms with Gasteiger partial charge in [-0.25, -0.2) is 14.8 Å². The average molecular weight is 451 g/mol. The summed E-state index contributed by atoms with van der Waals surface area (Å²) >= 11 is 1.47. The number of likely N-dealkylation sites (tertiary alicyclic amines) is 1. The molecule has 168 valence electrons. The number of piperidine rings is 1. The van der Waals surface area contributed by atoms with Crippen molar-refractivity contribution in [3.63, 3.8) is 0 Å². The first-order valence-electron chi connectivity index (χ1n) is 10.9. The number of amides is 2. The maximum atomic E-state index is 12.5. The fraction of sp³-hybridized carbons (Fsp3) is 0.417. The molecule has 0 aliphatic carbocycles. The number of nitrogens with one attached hydrogen (secondary N) is 2. The van der Waals surface area contributed by atoms with Crippen molar-refractivity contribution in [2.75, 3.05) is 10.6 Å². The summed E-state index contributed by atoms with van der Waals surface area (Å²) in [6.07, 6.45) is 7.03. The fourth-order valence-electron chi connectivity index (χ4n) is 4.49. The molecule has 8 heteroatoms. The Morgan fingerprint density at radius 3 is 2.41 bits per heavy atom. The van der Waals surface area contributed by atoms with Crippen LogP contribution in [0.25, 0.3) is 10.6 Å². The largest absolute Gasteiger partial charge is 0.326 e. The maximum Gasteiger partial charge on any atom is 0.326 e. The number of urea groups is 1. The standard InChI is InChI=1S/C24H30N6OS/c1-23(2)11-6-12-24(3,4)30(23)15-18-7-5-8-19(26-18)28-22(31)29-20-16-32-21(27-20)17-9-13-25-14-10-17/h5,7-10,13-14,16H,6,11-12,15H2,1-4H3,(H2,26,28,29,31). The monoisotopic (exact) mass is 450 g/mol. The first-order chi connectivity index (χ1) is 15.2. The molecule has 2 N–H and O–H groups in total. The summed E-state index contributed by atoms with van der Waals surface area (Å²) in [5.74, 6) is 1.03. The van der Waals surface area contributed by atoms with E-state index in [9.17, 15) is 4.79 Å². The molecule has 0 atom stereocenters. The first kappa shape index (κ1) is 22.4. The number of thiazole rings is 1. The summed E-state index contributed by atoms with van der Waals surface area (Å²) in [5, 5.41) is 8.27. The minimum atomic E-state index is -0.361. The van der Waals surface area contributed by atoms with E-state index in [-0.39, 0.29) is 17.1 Å². The molecule has 4 rings (SSSR count). The number of carbonyl (C=O) groups is 1. The van der Waals surface area contributed by atoms with Gasteiger partial charge in [-0.3, -0.25) is 20.5 Å². The molecule has 1 aliphatic heterocycles. The molecule has 0 saturated carbocycles. The average Bonchev–Trinajstić information content (AvgIpc) is 3.20. The van der Waals surface area contributed by atoms with Crippen molar-refractivity contribution >= 4 is 29.0 Å². The highest BCUT2D eigenvalue weighted by molar-refractivity contribution is 7.13. The minimum Gasteiger partial charge on any atom is -0.292 e. The van der Waals surface area contributed by atoms with Crippen LogP contribution in [0.1, 0.15) is 52.7 Å². The predicted molar refractivity (Wildman–Crippen MR) is 130 cm³/mol. The molecule has 0 radical (unpaired) electrons. The lowest BCUT2D eigenvalue weighted by Gasteiger charge is -2.52. The van der Waals surface area contributed by atoms with Gasteiger partial charge in [0.2, 0.25) is 0 Å². The van der Waals surface area contributed by atoms with Gasteiger partial charge in [0.05, 0.1) is 5.69 Å². The van der Waals surface area contributed by atoms with Gasteiger partial charge < -0.3 is 0 Å². The van der Waals surface area contributed by atoms with Crippen molar-refractivity contribution in [3.05, 3.63) is 53.8 Å². The van der Waals surface area contributed by atoms with E-state index in [4.69, 9.17) is 4.98 Å². The highest BCUT2D eigenvalue weighted by atomic mass is 32.1. The lowest BCUT2D eigenvalue weighted by atomic mass is 9.79. The van der Waals surface area contributed by atoms with E-state index in [1.807, 2.05) is 29.6 Å². The van der Waals surface area contributed by atoms with Crippen LogP contribution in [0.5, 0.6) is 0 Å². The fourth-order valence-corrected chi connectivity index (χ4v) is 5.25. The molecule has 1 saturated heterocycles. The Morgan fingerprint density at radius 1 is 1.00 bits per heavy atom. The zero-order valence-corrected chi connectivity index (χ0v) is 19.9. The second-order valence-electron chi connectivity index (χ2n) is 9.43. The Labute approximate surface area is 193 Å². The summed E-state index contributed by atoms with van der Waals surface area (Å²) in [6, 6.07) is 9.18. The summed E-state index contributed by atoms with van der Waals surface area (Å²) in [7, 11) is 0. The molecule has 0 bridgehead atoms. The number of nitrogens with zero attached hydrogens (tertiary/aromatic N) is 4. The van der Waals surface area contributed by atoms with Crippen molar-refractivity contribution in [1.29, 1.82) is 0 Å². The van der Waals surface area contributed by atoms with Crippen LogP contribution < -0.4 is 10.6 Å². The molecule has 3 aromatic rings. The van der Waals surface area contributed by atoms with E-state index in [1.54, 1.807) is 18.5 Å². The van der Waals surface area contributed by atoms with Crippen LogP contribution in [0.3, 0.4) is 0 Å². The second-order valence-corrected chi connectivity index (χ2v) is 10.3. The Hall–Kier alpha value is -2.84. The topological polar surface area (TPSA) is 83.0 Å². The van der Waals surface area contributed by atoms with Crippen LogP contribution >= 0.6 is 11.3 Å². The SMILES string of the molecule is CC1(C)CCCC(C)(C)N1Cc1cccc(NC(=O)Nc2csc(-c3ccncc3)n2)n1. The molecular weight excluding hydrogens is 420 g/mol. The second kappa shape index (κ2) is 8.96. The molecule has 0 spiro atoms. The van der Waals surface area contributed by atoms with Gasteiger partial charge in [-0.15, -0.1) is 11.3 Å². The van der Waals surface area contributed by atoms with Gasteiger partial charge in [0.15, 0.2) is 0 Å². The van der Waals surface area contributed by atoms with E-state index in [2.05, 4.69) is 53.2 Å². The highest BCUT2D eigenvalue weighted by Crippen LogP contribution is 2.39. The van der Waals surface area contributed by atoms with E-state index >= 15 is 0 Å². The van der Waals surface area contributed by atoms with Crippen LogP contribution in [0.15, 0.2) is 48.1 Å². The molecule has 1 aliphatic rings. The van der Waals surface area contributed by atoms with Crippen molar-refractivity contribution in [2.24, 2.45) is 0 Å². The summed E-state index contributed by atoms with van der Waals surface area (Å²) in [4.78, 5) is 28.2. The highest BCUT2D eigenvalue weighted by Gasteiger charge is 2.41. The van der Waals surface area contributed by atoms with Crippen molar-refractivity contribution < 1.29 is 4.79 Å². The van der Waals surface area contributed by atoms with Crippen molar-refractivity contribution in [1.82, 2.24) is 19.9 Å². The van der Waals surface area contributed by atoms with Crippen LogP contribution in [0, 0.1) is 0 Å². The smallest absolute Gasteiger partial charge is 0.292 e. The molecule has 7 nitrogen and oxygen atoms in total. The number of aromatic nitrogens is 3. The molecule has 0 aromatic carbocycles. The molecule has 2 amide bonds. The van der Waals surface area contributed by atoms with E-state index in [1.165, 1.54) is 30.6 Å². The molecular formula is C24H30N6OS. The Kier molecular flexibility index (Phi) is 6.26. The molecule has 4 heterocycles. The number of anilines is 2. The van der Waals surface area contributed by atoms with E-state index in [0.717, 1.165) is 22.8 Å². The van der Waals surface area contributed by atoms with E-state index < -0.39 is 0 Å². The number of hydrogen-bond donors (Lipinski definition) is 2. The zero-order valence-electron chi connectivity index (χ0n) is 19.1. The van der Waals surface area contributed by atoms with Crippen LogP contribution in [0.4, 0.5) is 16.4 Å². The maximum absolute atomic E-state index is 12.5. The molecule has 1 fully saturated rings. The normalized spacial score (nSPS) is 17.6. The number of rotatable bonds is 5. The quantitative estimate of drug-likeness (QED) is 0.514. The van der Waals surface area contributed by atoms with Gasteiger partial charge in [0.25, 0.3) is 0 Å². The van der Waals surface area contributed by atoms with Crippen LogP contribution in [0.2, 0.25) is 0 Å². The van der Waals surface area contributed by atoms with Gasteiger partial charge >= 0.3 is 6.03 Å². The minimum absolute atomic E-state index is 0.112. The lowest BCUT2D eigenvalue weighted by molar-refractivity contribution is -0.0349. The number of carbonyl (C=O) groups excluding carboxylic acids is 1.